The zero-order valence-electron chi connectivity index (χ0n) is 14.0. The molecule has 3 rings (SSSR count). The molecule has 0 fully saturated rings. The van der Waals surface area contributed by atoms with Gasteiger partial charge in [-0.2, -0.15) is 18.3 Å². The van der Waals surface area contributed by atoms with Crippen molar-refractivity contribution in [1.82, 2.24) is 19.7 Å². The molecule has 0 unspecified atom stereocenters. The van der Waals surface area contributed by atoms with Crippen molar-refractivity contribution in [2.24, 2.45) is 0 Å². The molecule has 0 aliphatic rings. The summed E-state index contributed by atoms with van der Waals surface area (Å²) in [6.07, 6.45) is -1.25. The average molecular weight is 399 g/mol. The molecule has 1 N–H and O–H groups in total. The molecule has 10 heteroatoms. The minimum atomic E-state index is -4.72. The fraction of sp³-hybridized carbons (Fsp3) is 0.235. The van der Waals surface area contributed by atoms with Gasteiger partial charge in [-0.05, 0) is 31.2 Å². The van der Waals surface area contributed by atoms with Crippen molar-refractivity contribution < 1.29 is 23.0 Å². The normalized spacial score (nSPS) is 14.0. The molecule has 0 aliphatic carbocycles. The SMILES string of the molecule is C[C@@](O)(Cn1cncn1)c1cnc(Oc2ccc(Cl)cc2)cc1C(F)(F)F. The van der Waals surface area contributed by atoms with Gasteiger partial charge in [0, 0.05) is 22.8 Å². The molecule has 27 heavy (non-hydrogen) atoms. The Kier molecular flexibility index (Phi) is 5.07. The summed E-state index contributed by atoms with van der Waals surface area (Å²) in [5.41, 5.74) is -3.33. The smallest absolute Gasteiger partial charge is 0.417 e. The predicted octanol–water partition coefficient (Wildman–Crippen LogP) is 4.05. The van der Waals surface area contributed by atoms with Gasteiger partial charge in [-0.3, -0.25) is 0 Å². The van der Waals surface area contributed by atoms with Crippen LogP contribution in [0.5, 0.6) is 11.6 Å². The Morgan fingerprint density at radius 2 is 1.89 bits per heavy atom. The van der Waals surface area contributed by atoms with Gasteiger partial charge < -0.3 is 9.84 Å². The van der Waals surface area contributed by atoms with Crippen molar-refractivity contribution in [3.8, 4) is 11.6 Å². The lowest BCUT2D eigenvalue weighted by Gasteiger charge is -2.26. The first-order valence-electron chi connectivity index (χ1n) is 7.71. The third-order valence-corrected chi connectivity index (χ3v) is 3.99. The Balaban J connectivity index is 1.95. The summed E-state index contributed by atoms with van der Waals surface area (Å²) in [7, 11) is 0. The van der Waals surface area contributed by atoms with Crippen LogP contribution < -0.4 is 4.74 Å². The van der Waals surface area contributed by atoms with E-state index < -0.39 is 22.9 Å². The van der Waals surface area contributed by atoms with E-state index >= 15 is 0 Å². The molecule has 0 aliphatic heterocycles. The number of rotatable bonds is 5. The first-order chi connectivity index (χ1) is 12.6. The Labute approximate surface area is 157 Å². The molecule has 142 valence electrons. The van der Waals surface area contributed by atoms with Crippen LogP contribution in [0.1, 0.15) is 18.1 Å². The van der Waals surface area contributed by atoms with Gasteiger partial charge in [0.15, 0.2) is 0 Å². The van der Waals surface area contributed by atoms with Crippen LogP contribution in [-0.4, -0.2) is 24.9 Å². The molecule has 0 saturated heterocycles. The molecular weight excluding hydrogens is 385 g/mol. The Bertz CT molecular complexity index is 913. The van der Waals surface area contributed by atoms with Crippen LogP contribution in [0, 0.1) is 0 Å². The molecule has 0 radical (unpaired) electrons. The summed E-state index contributed by atoms with van der Waals surface area (Å²) in [5.74, 6) is 0.0205. The summed E-state index contributed by atoms with van der Waals surface area (Å²) in [6.45, 7) is 1.02. The summed E-state index contributed by atoms with van der Waals surface area (Å²) < 4.78 is 47.3. The Morgan fingerprint density at radius 3 is 2.48 bits per heavy atom. The van der Waals surface area contributed by atoms with Crippen molar-refractivity contribution in [2.45, 2.75) is 25.2 Å². The highest BCUT2D eigenvalue weighted by Gasteiger charge is 2.40. The van der Waals surface area contributed by atoms with Crippen LogP contribution >= 0.6 is 11.6 Å². The second kappa shape index (κ2) is 7.16. The van der Waals surface area contributed by atoms with Crippen LogP contribution in [0.3, 0.4) is 0 Å². The number of nitrogens with zero attached hydrogens (tertiary/aromatic N) is 4. The fourth-order valence-electron chi connectivity index (χ4n) is 2.49. The first-order valence-corrected chi connectivity index (χ1v) is 8.09. The molecule has 6 nitrogen and oxygen atoms in total. The Morgan fingerprint density at radius 1 is 1.19 bits per heavy atom. The number of aromatic nitrogens is 4. The number of benzene rings is 1. The predicted molar refractivity (Wildman–Crippen MR) is 90.4 cm³/mol. The topological polar surface area (TPSA) is 73.1 Å². The number of halogens is 4. The molecule has 0 amide bonds. The molecule has 0 saturated carbocycles. The van der Waals surface area contributed by atoms with Gasteiger partial charge in [0.05, 0.1) is 12.1 Å². The second-order valence-corrected chi connectivity index (χ2v) is 6.43. The number of pyridine rings is 1. The molecule has 1 aromatic carbocycles. The van der Waals surface area contributed by atoms with E-state index in [4.69, 9.17) is 16.3 Å². The molecule has 2 heterocycles. The van der Waals surface area contributed by atoms with Gasteiger partial charge in [0.1, 0.15) is 24.0 Å². The highest BCUT2D eigenvalue weighted by molar-refractivity contribution is 6.30. The maximum absolute atomic E-state index is 13.6. The third kappa shape index (κ3) is 4.55. The molecule has 0 bridgehead atoms. The summed E-state index contributed by atoms with van der Waals surface area (Å²) >= 11 is 5.77. The molecular formula is C17H14ClF3N4O2. The monoisotopic (exact) mass is 398 g/mol. The average Bonchev–Trinajstić information content (AvgIpc) is 3.08. The van der Waals surface area contributed by atoms with Gasteiger partial charge in [-0.25, -0.2) is 14.6 Å². The van der Waals surface area contributed by atoms with E-state index in [9.17, 15) is 18.3 Å². The molecule has 3 aromatic rings. The van der Waals surface area contributed by atoms with Crippen LogP contribution in [0.4, 0.5) is 13.2 Å². The first kappa shape index (κ1) is 19.1. The van der Waals surface area contributed by atoms with Gasteiger partial charge in [-0.15, -0.1) is 0 Å². The fourth-order valence-corrected chi connectivity index (χ4v) is 2.62. The lowest BCUT2D eigenvalue weighted by molar-refractivity contribution is -0.141. The lowest BCUT2D eigenvalue weighted by atomic mass is 9.92. The van der Waals surface area contributed by atoms with Crippen molar-refractivity contribution in [3.63, 3.8) is 0 Å². The lowest BCUT2D eigenvalue weighted by Crippen LogP contribution is -2.31. The van der Waals surface area contributed by atoms with E-state index in [-0.39, 0.29) is 18.2 Å². The van der Waals surface area contributed by atoms with Gasteiger partial charge >= 0.3 is 6.18 Å². The second-order valence-electron chi connectivity index (χ2n) is 5.99. The zero-order chi connectivity index (χ0) is 19.7. The van der Waals surface area contributed by atoms with Crippen molar-refractivity contribution in [3.05, 3.63) is 65.3 Å². The van der Waals surface area contributed by atoms with E-state index in [1.54, 1.807) is 12.1 Å². The van der Waals surface area contributed by atoms with Gasteiger partial charge in [0.25, 0.3) is 0 Å². The minimum Gasteiger partial charge on any atom is -0.439 e. The maximum Gasteiger partial charge on any atom is 0.417 e. The highest BCUT2D eigenvalue weighted by atomic mass is 35.5. The van der Waals surface area contributed by atoms with E-state index in [2.05, 4.69) is 15.1 Å². The molecule has 1 atom stereocenters. The van der Waals surface area contributed by atoms with Gasteiger partial charge in [-0.1, -0.05) is 11.6 Å². The number of hydrogen-bond acceptors (Lipinski definition) is 5. The van der Waals surface area contributed by atoms with Crippen molar-refractivity contribution in [2.75, 3.05) is 0 Å². The van der Waals surface area contributed by atoms with Crippen LogP contribution in [0.25, 0.3) is 0 Å². The molecule has 0 spiro atoms. The van der Waals surface area contributed by atoms with E-state index in [1.165, 1.54) is 36.4 Å². The number of alkyl halides is 3. The van der Waals surface area contributed by atoms with Crippen molar-refractivity contribution >= 4 is 11.6 Å². The van der Waals surface area contributed by atoms with Crippen molar-refractivity contribution in [1.29, 1.82) is 0 Å². The number of hydrogen-bond donors (Lipinski definition) is 1. The summed E-state index contributed by atoms with van der Waals surface area (Å²) in [5, 5.41) is 14.9. The standard InChI is InChI=1S/C17H14ClF3N4O2/c1-16(26,8-25-10-22-9-24-25)14-7-23-15(6-13(14)17(19,20)21)27-12-4-2-11(18)3-5-12/h2-7,9-10,26H,8H2,1H3/t16-/m1/s1. The largest absolute Gasteiger partial charge is 0.439 e. The molecule has 2 aromatic heterocycles. The van der Waals surface area contributed by atoms with E-state index in [1.807, 2.05) is 0 Å². The third-order valence-electron chi connectivity index (χ3n) is 3.74. The summed E-state index contributed by atoms with van der Waals surface area (Å²) in [4.78, 5) is 7.62. The number of aliphatic hydroxyl groups is 1. The minimum absolute atomic E-state index is 0.227. The Hall–Kier alpha value is -2.65. The summed E-state index contributed by atoms with van der Waals surface area (Å²) in [6, 6.07) is 6.84. The number of ether oxygens (including phenoxy) is 1. The quantitative estimate of drug-likeness (QED) is 0.702. The highest BCUT2D eigenvalue weighted by Crippen LogP contribution is 2.39. The van der Waals surface area contributed by atoms with Crippen LogP contribution in [-0.2, 0) is 18.3 Å². The van der Waals surface area contributed by atoms with Crippen LogP contribution in [0.15, 0.2) is 49.2 Å². The zero-order valence-corrected chi connectivity index (χ0v) is 14.7. The van der Waals surface area contributed by atoms with Gasteiger partial charge in [0.2, 0.25) is 5.88 Å². The van der Waals surface area contributed by atoms with Crippen LogP contribution in [0.2, 0.25) is 5.02 Å². The van der Waals surface area contributed by atoms with E-state index in [0.29, 0.717) is 5.02 Å². The maximum atomic E-state index is 13.6. The van der Waals surface area contributed by atoms with E-state index in [0.717, 1.165) is 12.3 Å².